The van der Waals surface area contributed by atoms with Crippen molar-refractivity contribution < 1.29 is 28.9 Å². The number of hydrogen-bond donors (Lipinski definition) is 2. The topological polar surface area (TPSA) is 94.1 Å². The van der Waals surface area contributed by atoms with E-state index in [1.54, 1.807) is 24.3 Å². The second-order valence-corrected chi connectivity index (χ2v) is 8.88. The quantitative estimate of drug-likeness (QED) is 0.260. The number of amides is 1. The summed E-state index contributed by atoms with van der Waals surface area (Å²) in [5, 5.41) is 12.3. The number of hydrogen-bond acceptors (Lipinski definition) is 5. The first-order chi connectivity index (χ1) is 17.9. The first-order valence-corrected chi connectivity index (χ1v) is 12.7. The third kappa shape index (κ3) is 8.72. The molecule has 0 aromatic heterocycles. The number of nitrogens with one attached hydrogen (secondary N) is 1. The number of halogens is 1. The van der Waals surface area contributed by atoms with E-state index >= 15 is 0 Å². The predicted octanol–water partition coefficient (Wildman–Crippen LogP) is 6.64. The summed E-state index contributed by atoms with van der Waals surface area (Å²) in [6.45, 7) is 5.41. The maximum Gasteiger partial charge on any atom is 0.407 e. The molecule has 3 rings (SSSR count). The Labute approximate surface area is 222 Å². The molecule has 0 atom stereocenters. The summed E-state index contributed by atoms with van der Waals surface area (Å²) < 4.78 is 16.8. The Hall–Kier alpha value is -3.71. The number of carbonyl (C=O) groups excluding carboxylic acids is 1. The molecule has 3 aromatic carbocycles. The van der Waals surface area contributed by atoms with Crippen LogP contribution in [0.3, 0.4) is 0 Å². The van der Waals surface area contributed by atoms with Crippen LogP contribution in [0.25, 0.3) is 11.1 Å². The summed E-state index contributed by atoms with van der Waals surface area (Å²) in [6.07, 6.45) is 1.10. The number of carboxylic acid groups (broad SMARTS) is 1. The minimum atomic E-state index is -0.883. The molecule has 0 fully saturated rings. The van der Waals surface area contributed by atoms with Gasteiger partial charge in [-0.25, -0.2) is 4.79 Å². The lowest BCUT2D eigenvalue weighted by Crippen LogP contribution is -2.24. The Balaban J connectivity index is 1.67. The van der Waals surface area contributed by atoms with Gasteiger partial charge in [-0.05, 0) is 53.8 Å². The van der Waals surface area contributed by atoms with Crippen LogP contribution in [0.5, 0.6) is 11.5 Å². The molecule has 1 amide bonds. The van der Waals surface area contributed by atoms with Crippen molar-refractivity contribution in [1.82, 2.24) is 5.32 Å². The van der Waals surface area contributed by atoms with E-state index in [0.717, 1.165) is 29.5 Å². The van der Waals surface area contributed by atoms with E-state index in [4.69, 9.17) is 30.9 Å². The van der Waals surface area contributed by atoms with Crippen LogP contribution in [0, 0.1) is 0 Å². The van der Waals surface area contributed by atoms with Gasteiger partial charge in [0.2, 0.25) is 0 Å². The van der Waals surface area contributed by atoms with E-state index in [1.807, 2.05) is 50.2 Å². The van der Waals surface area contributed by atoms with E-state index in [1.165, 1.54) is 0 Å². The zero-order valence-corrected chi connectivity index (χ0v) is 21.8. The standard InChI is InChI=1S/C29H32ClNO6/c1-3-12-35-25-10-8-23(26(30)17-25)19-37-29(34)31-18-24-16-22(9-11-27(24)36-13-4-2)21-7-5-6-20(14-21)15-28(32)33/h5-11,14,16-17H,3-4,12-13,15,18-19H2,1-2H3,(H,31,34)(H,32,33). The fourth-order valence-corrected chi connectivity index (χ4v) is 3.83. The number of carboxylic acids is 1. The molecule has 0 spiro atoms. The second-order valence-electron chi connectivity index (χ2n) is 8.47. The van der Waals surface area contributed by atoms with E-state index in [0.29, 0.717) is 40.9 Å². The SMILES string of the molecule is CCCOc1ccc(COC(=O)NCc2cc(-c3cccc(CC(=O)O)c3)ccc2OCCC)c(Cl)c1. The maximum atomic E-state index is 12.4. The first kappa shape index (κ1) is 27.9. The van der Waals surface area contributed by atoms with Gasteiger partial charge in [-0.15, -0.1) is 0 Å². The van der Waals surface area contributed by atoms with E-state index < -0.39 is 12.1 Å². The van der Waals surface area contributed by atoms with Crippen molar-refractivity contribution in [3.8, 4) is 22.6 Å². The minimum Gasteiger partial charge on any atom is -0.494 e. The number of aliphatic carboxylic acids is 1. The average molecular weight is 526 g/mol. The molecule has 0 aliphatic heterocycles. The van der Waals surface area contributed by atoms with Crippen LogP contribution >= 0.6 is 11.6 Å². The molecule has 0 saturated carbocycles. The van der Waals surface area contributed by atoms with Crippen molar-refractivity contribution in [1.29, 1.82) is 0 Å². The molecule has 2 N–H and O–H groups in total. The maximum absolute atomic E-state index is 12.4. The van der Waals surface area contributed by atoms with Gasteiger partial charge in [0.25, 0.3) is 0 Å². The molecule has 0 unspecified atom stereocenters. The largest absolute Gasteiger partial charge is 0.494 e. The summed E-state index contributed by atoms with van der Waals surface area (Å²) in [7, 11) is 0. The second kappa shape index (κ2) is 14.1. The number of carbonyl (C=O) groups is 2. The summed E-state index contributed by atoms with van der Waals surface area (Å²) >= 11 is 6.31. The molecule has 0 aliphatic rings. The van der Waals surface area contributed by atoms with Gasteiger partial charge in [-0.2, -0.15) is 0 Å². The number of ether oxygens (including phenoxy) is 3. The third-order valence-electron chi connectivity index (χ3n) is 5.42. The molecule has 0 saturated heterocycles. The molecule has 0 aliphatic carbocycles. The molecule has 7 nitrogen and oxygen atoms in total. The third-order valence-corrected chi connectivity index (χ3v) is 5.77. The van der Waals surface area contributed by atoms with Gasteiger partial charge >= 0.3 is 12.1 Å². The van der Waals surface area contributed by atoms with Crippen molar-refractivity contribution in [2.45, 2.75) is 46.3 Å². The van der Waals surface area contributed by atoms with Crippen LogP contribution < -0.4 is 14.8 Å². The monoisotopic (exact) mass is 525 g/mol. The van der Waals surface area contributed by atoms with Crippen molar-refractivity contribution in [2.24, 2.45) is 0 Å². The van der Waals surface area contributed by atoms with Crippen LogP contribution in [0.1, 0.15) is 43.4 Å². The molecule has 0 heterocycles. The lowest BCUT2D eigenvalue weighted by Gasteiger charge is -2.15. The smallest absolute Gasteiger partial charge is 0.407 e. The highest BCUT2D eigenvalue weighted by atomic mass is 35.5. The highest BCUT2D eigenvalue weighted by molar-refractivity contribution is 6.31. The zero-order chi connectivity index (χ0) is 26.6. The Morgan fingerprint density at radius 2 is 1.65 bits per heavy atom. The van der Waals surface area contributed by atoms with Gasteiger partial charge in [0.05, 0.1) is 24.7 Å². The summed E-state index contributed by atoms with van der Waals surface area (Å²) in [5.41, 5.74) is 3.94. The van der Waals surface area contributed by atoms with Gasteiger partial charge < -0.3 is 24.6 Å². The molecule has 0 bridgehead atoms. The highest BCUT2D eigenvalue weighted by Gasteiger charge is 2.12. The van der Waals surface area contributed by atoms with Gasteiger partial charge in [-0.1, -0.05) is 61.8 Å². The van der Waals surface area contributed by atoms with Crippen LogP contribution in [0.15, 0.2) is 60.7 Å². The molecular formula is C29H32ClNO6. The predicted molar refractivity (Wildman–Crippen MR) is 143 cm³/mol. The fraction of sp³-hybridized carbons (Fsp3) is 0.310. The Morgan fingerprint density at radius 3 is 2.38 bits per heavy atom. The molecule has 0 radical (unpaired) electrons. The summed E-state index contributed by atoms with van der Waals surface area (Å²) in [5.74, 6) is 0.456. The molecule has 3 aromatic rings. The van der Waals surface area contributed by atoms with Crippen molar-refractivity contribution >= 4 is 23.7 Å². The van der Waals surface area contributed by atoms with Crippen LogP contribution in [0.2, 0.25) is 5.02 Å². The zero-order valence-electron chi connectivity index (χ0n) is 21.1. The molecule has 196 valence electrons. The molecule has 37 heavy (non-hydrogen) atoms. The van der Waals surface area contributed by atoms with Crippen LogP contribution in [0.4, 0.5) is 4.79 Å². The van der Waals surface area contributed by atoms with Crippen LogP contribution in [-0.2, 0) is 29.1 Å². The van der Waals surface area contributed by atoms with Crippen molar-refractivity contribution in [3.63, 3.8) is 0 Å². The lowest BCUT2D eigenvalue weighted by molar-refractivity contribution is -0.136. The Morgan fingerprint density at radius 1 is 0.892 bits per heavy atom. The van der Waals surface area contributed by atoms with Crippen LogP contribution in [-0.4, -0.2) is 30.4 Å². The molecule has 8 heteroatoms. The summed E-state index contributed by atoms with van der Waals surface area (Å²) in [6, 6.07) is 18.4. The van der Waals surface area contributed by atoms with E-state index in [-0.39, 0.29) is 19.6 Å². The van der Waals surface area contributed by atoms with Crippen molar-refractivity contribution in [2.75, 3.05) is 13.2 Å². The molecular weight excluding hydrogens is 494 g/mol. The highest BCUT2D eigenvalue weighted by Crippen LogP contribution is 2.28. The number of rotatable bonds is 13. The normalized spacial score (nSPS) is 10.6. The fourth-order valence-electron chi connectivity index (χ4n) is 3.60. The van der Waals surface area contributed by atoms with E-state index in [2.05, 4.69) is 5.32 Å². The Kier molecular flexibility index (Phi) is 10.6. The van der Waals surface area contributed by atoms with Crippen molar-refractivity contribution in [3.05, 3.63) is 82.4 Å². The van der Waals surface area contributed by atoms with E-state index in [9.17, 15) is 9.59 Å². The average Bonchev–Trinajstić information content (AvgIpc) is 2.89. The van der Waals surface area contributed by atoms with Gasteiger partial charge in [0.15, 0.2) is 0 Å². The summed E-state index contributed by atoms with van der Waals surface area (Å²) in [4.78, 5) is 23.5. The Bertz CT molecular complexity index is 1210. The number of alkyl carbamates (subject to hydrolysis) is 1. The number of benzene rings is 3. The minimum absolute atomic E-state index is 0.0221. The lowest BCUT2D eigenvalue weighted by atomic mass is 9.99. The van der Waals surface area contributed by atoms with Gasteiger partial charge in [0.1, 0.15) is 18.1 Å². The first-order valence-electron chi connectivity index (χ1n) is 12.3. The van der Waals surface area contributed by atoms with Gasteiger partial charge in [-0.3, -0.25) is 4.79 Å². The van der Waals surface area contributed by atoms with Gasteiger partial charge in [0, 0.05) is 17.7 Å².